The van der Waals surface area contributed by atoms with Gasteiger partial charge in [-0.05, 0) is 42.0 Å². The van der Waals surface area contributed by atoms with Crippen LogP contribution in [0.1, 0.15) is 30.2 Å². The number of oxime groups is 1. The van der Waals surface area contributed by atoms with Crippen LogP contribution in [0.15, 0.2) is 78.1 Å². The first kappa shape index (κ1) is 20.4. The minimum Gasteiger partial charge on any atom is -0.469 e. The van der Waals surface area contributed by atoms with Gasteiger partial charge in [0.2, 0.25) is 5.90 Å². The van der Waals surface area contributed by atoms with Crippen LogP contribution < -0.4 is 9.47 Å². The van der Waals surface area contributed by atoms with Crippen LogP contribution in [-0.2, 0) is 20.8 Å². The lowest BCUT2D eigenvalue weighted by Gasteiger charge is -2.10. The molecule has 2 aromatic carbocycles. The Morgan fingerprint density at radius 3 is 2.42 bits per heavy atom. The Morgan fingerprint density at radius 1 is 0.968 bits per heavy atom. The quantitative estimate of drug-likeness (QED) is 0.511. The molecule has 1 aliphatic rings. The number of ether oxygens (including phenoxy) is 3. The summed E-state index contributed by atoms with van der Waals surface area (Å²) in [6.07, 6.45) is 2.72. The second kappa shape index (κ2) is 9.75. The van der Waals surface area contributed by atoms with Crippen molar-refractivity contribution >= 4 is 11.9 Å². The van der Waals surface area contributed by atoms with E-state index in [1.165, 1.54) is 7.11 Å². The standard InChI is InChI=1S/C24H22N2O5/c1-28-24(27)14-10-18-9-13-21(16-25-18)30-23-15-22(31-26-23)17-7-11-20(12-8-17)29-19-5-3-2-4-6-19/h2-9,11-13,16,22H,10,14-15H2,1H3/t22-/m0/s1. The van der Waals surface area contributed by atoms with Gasteiger partial charge in [0, 0.05) is 12.1 Å². The highest BCUT2D eigenvalue weighted by Crippen LogP contribution is 2.30. The van der Waals surface area contributed by atoms with Crippen LogP contribution in [0.2, 0.25) is 0 Å². The van der Waals surface area contributed by atoms with Crippen molar-refractivity contribution in [3.63, 3.8) is 0 Å². The molecule has 0 N–H and O–H groups in total. The molecule has 3 aromatic rings. The highest BCUT2D eigenvalue weighted by Gasteiger charge is 2.24. The van der Waals surface area contributed by atoms with Crippen LogP contribution >= 0.6 is 0 Å². The lowest BCUT2D eigenvalue weighted by atomic mass is 10.1. The lowest BCUT2D eigenvalue weighted by Crippen LogP contribution is -2.08. The number of carbonyl (C=O) groups is 1. The Balaban J connectivity index is 1.28. The molecule has 7 heteroatoms. The second-order valence-corrected chi connectivity index (χ2v) is 6.93. The largest absolute Gasteiger partial charge is 0.469 e. The fourth-order valence-corrected chi connectivity index (χ4v) is 3.06. The monoisotopic (exact) mass is 418 g/mol. The van der Waals surface area contributed by atoms with Gasteiger partial charge in [-0.25, -0.2) is 0 Å². The van der Waals surface area contributed by atoms with Crippen LogP contribution in [-0.4, -0.2) is 24.0 Å². The van der Waals surface area contributed by atoms with Crippen molar-refractivity contribution < 1.29 is 23.8 Å². The van der Waals surface area contributed by atoms with Gasteiger partial charge >= 0.3 is 5.97 Å². The normalized spacial score (nSPS) is 15.0. The molecule has 0 spiro atoms. The first-order valence-corrected chi connectivity index (χ1v) is 9.95. The van der Waals surface area contributed by atoms with Crippen molar-refractivity contribution in [2.75, 3.05) is 7.11 Å². The Hall–Kier alpha value is -3.87. The van der Waals surface area contributed by atoms with Crippen LogP contribution in [0, 0.1) is 0 Å². The number of rotatable bonds is 7. The van der Waals surface area contributed by atoms with E-state index >= 15 is 0 Å². The summed E-state index contributed by atoms with van der Waals surface area (Å²) in [7, 11) is 1.37. The number of carbonyl (C=O) groups excluding carboxylic acids is 1. The van der Waals surface area contributed by atoms with Crippen LogP contribution in [0.3, 0.4) is 0 Å². The maximum atomic E-state index is 11.2. The zero-order valence-electron chi connectivity index (χ0n) is 17.1. The summed E-state index contributed by atoms with van der Waals surface area (Å²) in [5.74, 6) is 2.33. The van der Waals surface area contributed by atoms with Crippen molar-refractivity contribution in [2.45, 2.75) is 25.4 Å². The summed E-state index contributed by atoms with van der Waals surface area (Å²) in [5, 5.41) is 4.05. The van der Waals surface area contributed by atoms with E-state index in [0.29, 0.717) is 30.9 Å². The third-order valence-corrected chi connectivity index (χ3v) is 4.72. The molecule has 0 aliphatic carbocycles. The molecule has 7 nitrogen and oxygen atoms in total. The number of esters is 1. The molecular weight excluding hydrogens is 396 g/mol. The van der Waals surface area contributed by atoms with Gasteiger partial charge in [0.25, 0.3) is 0 Å². The Labute approximate surface area is 180 Å². The van der Waals surface area contributed by atoms with E-state index in [1.54, 1.807) is 12.3 Å². The number of aromatic nitrogens is 1. The van der Waals surface area contributed by atoms with Crippen molar-refractivity contribution in [2.24, 2.45) is 5.16 Å². The molecule has 1 aliphatic heterocycles. The molecule has 0 saturated carbocycles. The maximum Gasteiger partial charge on any atom is 0.305 e. The van der Waals surface area contributed by atoms with Gasteiger partial charge in [-0.3, -0.25) is 9.78 Å². The molecule has 2 heterocycles. The number of nitrogens with zero attached hydrogens (tertiary/aromatic N) is 2. The molecule has 1 atom stereocenters. The first-order chi connectivity index (χ1) is 15.2. The smallest absolute Gasteiger partial charge is 0.305 e. The molecular formula is C24H22N2O5. The molecule has 1 aromatic heterocycles. The van der Waals surface area contributed by atoms with Crippen molar-refractivity contribution in [1.29, 1.82) is 0 Å². The molecule has 0 saturated heterocycles. The first-order valence-electron chi connectivity index (χ1n) is 9.95. The highest BCUT2D eigenvalue weighted by atomic mass is 16.7. The third kappa shape index (κ3) is 5.60. The summed E-state index contributed by atoms with van der Waals surface area (Å²) in [5.41, 5.74) is 1.78. The van der Waals surface area contributed by atoms with Gasteiger partial charge in [0.15, 0.2) is 6.10 Å². The fourth-order valence-electron chi connectivity index (χ4n) is 3.06. The molecule has 4 rings (SSSR count). The lowest BCUT2D eigenvalue weighted by molar-refractivity contribution is -0.140. The van der Waals surface area contributed by atoms with Gasteiger partial charge in [-0.1, -0.05) is 35.5 Å². The van der Waals surface area contributed by atoms with Crippen molar-refractivity contribution in [3.8, 4) is 17.2 Å². The average Bonchev–Trinajstić information content (AvgIpc) is 3.28. The van der Waals surface area contributed by atoms with Gasteiger partial charge in [0.05, 0.1) is 26.1 Å². The average molecular weight is 418 g/mol. The number of hydrogen-bond donors (Lipinski definition) is 0. The van der Waals surface area contributed by atoms with Crippen molar-refractivity contribution in [3.05, 3.63) is 84.2 Å². The minimum atomic E-state index is -0.259. The summed E-state index contributed by atoms with van der Waals surface area (Å²) in [6.45, 7) is 0. The molecule has 0 fully saturated rings. The third-order valence-electron chi connectivity index (χ3n) is 4.72. The number of hydrogen-bond acceptors (Lipinski definition) is 7. The number of aryl methyl sites for hydroxylation is 1. The van der Waals surface area contributed by atoms with E-state index in [9.17, 15) is 4.79 Å². The maximum absolute atomic E-state index is 11.2. The molecule has 0 radical (unpaired) electrons. The van der Waals surface area contributed by atoms with E-state index < -0.39 is 0 Å². The summed E-state index contributed by atoms with van der Waals surface area (Å²) < 4.78 is 16.2. The van der Waals surface area contributed by atoms with Gasteiger partial charge in [0.1, 0.15) is 17.2 Å². The molecule has 31 heavy (non-hydrogen) atoms. The van der Waals surface area contributed by atoms with Crippen LogP contribution in [0.5, 0.6) is 17.2 Å². The van der Waals surface area contributed by atoms with Gasteiger partial charge in [-0.2, -0.15) is 0 Å². The van der Waals surface area contributed by atoms with E-state index in [-0.39, 0.29) is 12.1 Å². The van der Waals surface area contributed by atoms with Crippen molar-refractivity contribution in [1.82, 2.24) is 4.98 Å². The Bertz CT molecular complexity index is 1030. The molecule has 0 bridgehead atoms. The molecule has 0 amide bonds. The SMILES string of the molecule is COC(=O)CCc1ccc(OC2=NO[C@H](c3ccc(Oc4ccccc4)cc3)C2)cn1. The predicted molar refractivity (Wildman–Crippen MR) is 114 cm³/mol. The highest BCUT2D eigenvalue weighted by molar-refractivity contribution is 5.79. The predicted octanol–water partition coefficient (Wildman–Crippen LogP) is 4.83. The van der Waals surface area contributed by atoms with Gasteiger partial charge in [-0.15, -0.1) is 0 Å². The van der Waals surface area contributed by atoms with Crippen LogP contribution in [0.25, 0.3) is 0 Å². The fraction of sp³-hybridized carbons (Fsp3) is 0.208. The number of methoxy groups -OCH3 is 1. The van der Waals surface area contributed by atoms with E-state index in [2.05, 4.69) is 14.9 Å². The zero-order valence-corrected chi connectivity index (χ0v) is 17.1. The second-order valence-electron chi connectivity index (χ2n) is 6.93. The topological polar surface area (TPSA) is 79.2 Å². The Kier molecular flexibility index (Phi) is 6.42. The summed E-state index contributed by atoms with van der Waals surface area (Å²) in [6, 6.07) is 21.0. The number of para-hydroxylation sites is 1. The zero-order chi connectivity index (χ0) is 21.5. The number of benzene rings is 2. The minimum absolute atomic E-state index is 0.215. The van der Waals surface area contributed by atoms with E-state index in [4.69, 9.17) is 14.3 Å². The molecule has 158 valence electrons. The van der Waals surface area contributed by atoms with E-state index in [1.807, 2.05) is 60.7 Å². The number of pyridine rings is 1. The summed E-state index contributed by atoms with van der Waals surface area (Å²) >= 11 is 0. The Morgan fingerprint density at radius 2 is 1.71 bits per heavy atom. The summed E-state index contributed by atoms with van der Waals surface area (Å²) in [4.78, 5) is 21.1. The van der Waals surface area contributed by atoms with E-state index in [0.717, 1.165) is 22.8 Å². The van der Waals surface area contributed by atoms with Gasteiger partial charge < -0.3 is 19.0 Å². The molecule has 0 unspecified atom stereocenters. The van der Waals surface area contributed by atoms with Crippen LogP contribution in [0.4, 0.5) is 0 Å².